The molecule has 1 aliphatic rings. The Labute approximate surface area is 115 Å². The molecule has 0 saturated heterocycles. The molecule has 2 amide bonds. The van der Waals surface area contributed by atoms with Crippen LogP contribution >= 0.6 is 0 Å². The van der Waals surface area contributed by atoms with Gasteiger partial charge in [-0.05, 0) is 19.3 Å². The van der Waals surface area contributed by atoms with E-state index in [0.717, 1.165) is 25.7 Å². The van der Waals surface area contributed by atoms with Crippen LogP contribution in [-0.2, 0) is 4.79 Å². The van der Waals surface area contributed by atoms with Crippen molar-refractivity contribution in [2.45, 2.75) is 70.4 Å². The van der Waals surface area contributed by atoms with Crippen LogP contribution in [0.5, 0.6) is 0 Å². The zero-order valence-electron chi connectivity index (χ0n) is 12.0. The number of carbonyl (C=O) groups is 2. The van der Waals surface area contributed by atoms with Gasteiger partial charge in [-0.25, -0.2) is 9.59 Å². The van der Waals surface area contributed by atoms with Crippen LogP contribution in [0.25, 0.3) is 0 Å². The van der Waals surface area contributed by atoms with E-state index in [2.05, 4.69) is 5.32 Å². The molecule has 0 aliphatic heterocycles. The van der Waals surface area contributed by atoms with E-state index in [4.69, 9.17) is 5.11 Å². The molecule has 1 atom stereocenters. The average molecular weight is 270 g/mol. The van der Waals surface area contributed by atoms with Crippen molar-refractivity contribution in [2.75, 3.05) is 7.05 Å². The number of carboxylic acid groups (broad SMARTS) is 1. The highest BCUT2D eigenvalue weighted by molar-refractivity contribution is 5.82. The number of urea groups is 1. The summed E-state index contributed by atoms with van der Waals surface area (Å²) in [5.74, 6) is -0.946. The first kappa shape index (κ1) is 15.8. The van der Waals surface area contributed by atoms with Crippen LogP contribution < -0.4 is 5.32 Å². The van der Waals surface area contributed by atoms with Gasteiger partial charge in [0.1, 0.15) is 6.04 Å². The maximum absolute atomic E-state index is 12.1. The second-order valence-corrected chi connectivity index (χ2v) is 5.36. The summed E-state index contributed by atoms with van der Waals surface area (Å²) < 4.78 is 0. The van der Waals surface area contributed by atoms with Gasteiger partial charge in [0.25, 0.3) is 0 Å². The molecule has 1 fully saturated rings. The molecule has 0 aromatic rings. The Hall–Kier alpha value is -1.26. The van der Waals surface area contributed by atoms with Crippen molar-refractivity contribution in [3.8, 4) is 0 Å². The van der Waals surface area contributed by atoms with Gasteiger partial charge >= 0.3 is 12.0 Å². The van der Waals surface area contributed by atoms with E-state index >= 15 is 0 Å². The summed E-state index contributed by atoms with van der Waals surface area (Å²) in [5.41, 5.74) is 0. The second kappa shape index (κ2) is 8.02. The zero-order chi connectivity index (χ0) is 14.3. The van der Waals surface area contributed by atoms with Crippen LogP contribution in [0.4, 0.5) is 4.79 Å². The third-order valence-corrected chi connectivity index (χ3v) is 3.89. The van der Waals surface area contributed by atoms with Crippen LogP contribution in [-0.4, -0.2) is 41.1 Å². The van der Waals surface area contributed by atoms with Crippen LogP contribution in [0, 0.1) is 0 Å². The van der Waals surface area contributed by atoms with Gasteiger partial charge in [-0.3, -0.25) is 0 Å². The molecular weight excluding hydrogens is 244 g/mol. The molecular formula is C14H26N2O3. The highest BCUT2D eigenvalue weighted by Crippen LogP contribution is 2.17. The van der Waals surface area contributed by atoms with Crippen molar-refractivity contribution in [2.24, 2.45) is 0 Å². The fourth-order valence-corrected chi connectivity index (χ4v) is 2.63. The van der Waals surface area contributed by atoms with E-state index in [9.17, 15) is 9.59 Å². The fourth-order valence-electron chi connectivity index (χ4n) is 2.63. The highest BCUT2D eigenvalue weighted by atomic mass is 16.4. The molecule has 0 heterocycles. The summed E-state index contributed by atoms with van der Waals surface area (Å²) in [7, 11) is 1.56. The maximum atomic E-state index is 12.1. The van der Waals surface area contributed by atoms with Crippen molar-refractivity contribution in [1.29, 1.82) is 0 Å². The number of likely N-dealkylation sites (N-methyl/N-ethyl adjacent to an activating group) is 1. The summed E-state index contributed by atoms with van der Waals surface area (Å²) in [6.45, 7) is 1.78. The first-order valence-corrected chi connectivity index (χ1v) is 7.32. The molecule has 1 rings (SSSR count). The van der Waals surface area contributed by atoms with Crippen LogP contribution in [0.3, 0.4) is 0 Å². The summed E-state index contributed by atoms with van der Waals surface area (Å²) in [4.78, 5) is 24.4. The number of amides is 2. The number of nitrogens with one attached hydrogen (secondary N) is 1. The molecule has 0 aromatic heterocycles. The standard InChI is InChI=1S/C14H26N2O3/c1-3-12(13(17)18)16(2)14(19)15-11-9-7-5-4-6-8-10-11/h11-12H,3-10H2,1-2H3,(H,15,19)(H,17,18). The van der Waals surface area contributed by atoms with E-state index in [-0.39, 0.29) is 12.1 Å². The molecule has 0 aromatic carbocycles. The number of nitrogens with zero attached hydrogens (tertiary/aromatic N) is 1. The second-order valence-electron chi connectivity index (χ2n) is 5.36. The van der Waals surface area contributed by atoms with Crippen molar-refractivity contribution in [3.63, 3.8) is 0 Å². The minimum Gasteiger partial charge on any atom is -0.480 e. The Morgan fingerprint density at radius 1 is 1.21 bits per heavy atom. The summed E-state index contributed by atoms with van der Waals surface area (Å²) in [6, 6.07) is -0.810. The Morgan fingerprint density at radius 3 is 2.21 bits per heavy atom. The smallest absolute Gasteiger partial charge is 0.326 e. The van der Waals surface area contributed by atoms with Crippen molar-refractivity contribution in [1.82, 2.24) is 10.2 Å². The molecule has 1 unspecified atom stereocenters. The Kier molecular flexibility index (Phi) is 6.67. The molecule has 0 bridgehead atoms. The van der Waals surface area contributed by atoms with Crippen molar-refractivity contribution in [3.05, 3.63) is 0 Å². The zero-order valence-corrected chi connectivity index (χ0v) is 12.0. The molecule has 5 heteroatoms. The van der Waals surface area contributed by atoms with Crippen molar-refractivity contribution >= 4 is 12.0 Å². The van der Waals surface area contributed by atoms with Gasteiger partial charge in [-0.15, -0.1) is 0 Å². The lowest BCUT2D eigenvalue weighted by Crippen LogP contribution is -2.49. The largest absolute Gasteiger partial charge is 0.480 e. The summed E-state index contributed by atoms with van der Waals surface area (Å²) in [5, 5.41) is 12.0. The number of carbonyl (C=O) groups excluding carboxylic acids is 1. The summed E-state index contributed by atoms with van der Waals surface area (Å²) in [6.07, 6.45) is 8.47. The molecule has 5 nitrogen and oxygen atoms in total. The van der Waals surface area contributed by atoms with E-state index in [1.807, 2.05) is 0 Å². The Balaban J connectivity index is 2.49. The SMILES string of the molecule is CCC(C(=O)O)N(C)C(=O)NC1CCCCCCC1. The average Bonchev–Trinajstić information content (AvgIpc) is 2.32. The van der Waals surface area contributed by atoms with E-state index < -0.39 is 12.0 Å². The molecule has 0 radical (unpaired) electrons. The number of rotatable bonds is 4. The number of hydrogen-bond donors (Lipinski definition) is 2. The quantitative estimate of drug-likeness (QED) is 0.825. The molecule has 19 heavy (non-hydrogen) atoms. The van der Waals surface area contributed by atoms with Crippen LogP contribution in [0.15, 0.2) is 0 Å². The molecule has 1 aliphatic carbocycles. The Morgan fingerprint density at radius 2 is 1.74 bits per heavy atom. The van der Waals surface area contributed by atoms with Crippen LogP contribution in [0.1, 0.15) is 58.3 Å². The normalized spacial score (nSPS) is 19.1. The van der Waals surface area contributed by atoms with E-state index in [1.54, 1.807) is 14.0 Å². The fraction of sp³-hybridized carbons (Fsp3) is 0.857. The van der Waals surface area contributed by atoms with Crippen LogP contribution in [0.2, 0.25) is 0 Å². The topological polar surface area (TPSA) is 69.6 Å². The number of carboxylic acids is 1. The third kappa shape index (κ3) is 5.09. The Bertz CT molecular complexity index is 299. The lowest BCUT2D eigenvalue weighted by Gasteiger charge is -2.28. The third-order valence-electron chi connectivity index (χ3n) is 3.89. The minimum absolute atomic E-state index is 0.196. The summed E-state index contributed by atoms with van der Waals surface area (Å²) >= 11 is 0. The van der Waals surface area contributed by atoms with Gasteiger partial charge in [0.2, 0.25) is 0 Å². The van der Waals surface area contributed by atoms with E-state index in [1.165, 1.54) is 24.2 Å². The molecule has 0 spiro atoms. The highest BCUT2D eigenvalue weighted by Gasteiger charge is 2.26. The monoisotopic (exact) mass is 270 g/mol. The number of hydrogen-bond acceptors (Lipinski definition) is 2. The molecule has 110 valence electrons. The van der Waals surface area contributed by atoms with Gasteiger partial charge in [0.05, 0.1) is 0 Å². The predicted molar refractivity (Wildman–Crippen MR) is 74.1 cm³/mol. The van der Waals surface area contributed by atoms with Crippen molar-refractivity contribution < 1.29 is 14.7 Å². The minimum atomic E-state index is -0.946. The van der Waals surface area contributed by atoms with Gasteiger partial charge in [-0.1, -0.05) is 39.0 Å². The lowest BCUT2D eigenvalue weighted by molar-refractivity contribution is -0.141. The number of aliphatic carboxylic acids is 1. The van der Waals surface area contributed by atoms with Gasteiger partial charge in [0.15, 0.2) is 0 Å². The van der Waals surface area contributed by atoms with Gasteiger partial charge in [0, 0.05) is 13.1 Å². The van der Waals surface area contributed by atoms with Gasteiger partial charge < -0.3 is 15.3 Å². The maximum Gasteiger partial charge on any atom is 0.326 e. The molecule has 1 saturated carbocycles. The predicted octanol–water partition coefficient (Wildman–Crippen LogP) is 2.60. The lowest BCUT2D eigenvalue weighted by atomic mass is 9.97. The van der Waals surface area contributed by atoms with E-state index in [0.29, 0.717) is 6.42 Å². The van der Waals surface area contributed by atoms with Gasteiger partial charge in [-0.2, -0.15) is 0 Å². The first-order valence-electron chi connectivity index (χ1n) is 7.32. The first-order chi connectivity index (χ1) is 9.06. The molecule has 2 N–H and O–H groups in total.